The van der Waals surface area contributed by atoms with Crippen molar-refractivity contribution in [1.29, 1.82) is 0 Å². The maximum atomic E-state index is 12.3. The fraction of sp³-hybridized carbons (Fsp3) is 0.667. The fourth-order valence-corrected chi connectivity index (χ4v) is 3.46. The smallest absolute Gasteiger partial charge is 0.268 e. The van der Waals surface area contributed by atoms with Crippen LogP contribution in [-0.4, -0.2) is 49.0 Å². The molecule has 0 spiro atoms. The second-order valence-electron chi connectivity index (χ2n) is 5.09. The number of aromatic nitrogens is 2. The van der Waals surface area contributed by atoms with Crippen LogP contribution in [-0.2, 0) is 21.3 Å². The van der Waals surface area contributed by atoms with Gasteiger partial charge in [-0.2, -0.15) is 5.10 Å². The largest absolute Gasteiger partial charge is 0.377 e. The van der Waals surface area contributed by atoms with Crippen LogP contribution in [0.1, 0.15) is 28.9 Å². The number of hydrogen-bond donors (Lipinski definition) is 1. The molecule has 7 nitrogen and oxygen atoms in total. The minimum absolute atomic E-state index is 0.0448. The zero-order valence-electron chi connectivity index (χ0n) is 12.0. The number of nitrogens with zero attached hydrogens (tertiary/aromatic N) is 2. The number of hydrogen-bond acceptors (Lipinski definition) is 5. The number of alkyl halides is 2. The van der Waals surface area contributed by atoms with E-state index in [1.54, 1.807) is 0 Å². The minimum Gasteiger partial charge on any atom is -0.377 e. The van der Waals surface area contributed by atoms with Gasteiger partial charge in [-0.1, -0.05) is 0 Å². The van der Waals surface area contributed by atoms with Gasteiger partial charge >= 0.3 is 0 Å². The first-order valence-corrected chi connectivity index (χ1v) is 8.40. The van der Waals surface area contributed by atoms with Gasteiger partial charge in [-0.25, -0.2) is 21.9 Å². The Morgan fingerprint density at radius 3 is 2.91 bits per heavy atom. The first-order valence-electron chi connectivity index (χ1n) is 6.75. The summed E-state index contributed by atoms with van der Waals surface area (Å²) in [6, 6.07) is 0. The Morgan fingerprint density at radius 1 is 1.59 bits per heavy atom. The van der Waals surface area contributed by atoms with Crippen LogP contribution in [0, 0.1) is 6.92 Å². The summed E-state index contributed by atoms with van der Waals surface area (Å²) in [4.78, 5) is 12.0. The average molecular weight is 337 g/mol. The predicted octanol–water partition coefficient (Wildman–Crippen LogP) is 0.695. The molecule has 0 aromatic carbocycles. The van der Waals surface area contributed by atoms with E-state index in [1.807, 2.05) is 4.72 Å². The molecule has 124 valence electrons. The summed E-state index contributed by atoms with van der Waals surface area (Å²) in [5, 5.41) is 3.76. The molecule has 0 saturated carbocycles. The SMILES string of the molecule is Cc1nn(CC(F)F)cc1C(=O)NS(=O)(=O)CC1CCCO1. The Kier molecular flexibility index (Phi) is 5.12. The molecule has 0 aliphatic carbocycles. The zero-order valence-corrected chi connectivity index (χ0v) is 12.8. The van der Waals surface area contributed by atoms with Gasteiger partial charge in [0.15, 0.2) is 0 Å². The molecule has 1 aromatic heterocycles. The quantitative estimate of drug-likeness (QED) is 0.825. The van der Waals surface area contributed by atoms with E-state index in [-0.39, 0.29) is 17.0 Å². The summed E-state index contributed by atoms with van der Waals surface area (Å²) in [6.07, 6.45) is -0.515. The summed E-state index contributed by atoms with van der Waals surface area (Å²) in [6.45, 7) is 1.30. The van der Waals surface area contributed by atoms with E-state index < -0.39 is 35.0 Å². The molecule has 0 radical (unpaired) electrons. The van der Waals surface area contributed by atoms with Crippen LogP contribution in [0.25, 0.3) is 0 Å². The van der Waals surface area contributed by atoms with Gasteiger partial charge in [0.2, 0.25) is 10.0 Å². The van der Waals surface area contributed by atoms with E-state index in [2.05, 4.69) is 5.10 Å². The third-order valence-corrected chi connectivity index (χ3v) is 4.50. The summed E-state index contributed by atoms with van der Waals surface area (Å²) in [5.74, 6) is -1.18. The molecule has 2 heterocycles. The minimum atomic E-state index is -3.85. The zero-order chi connectivity index (χ0) is 16.3. The highest BCUT2D eigenvalue weighted by atomic mass is 32.2. The number of sulfonamides is 1. The number of ether oxygens (including phenoxy) is 1. The molecule has 1 saturated heterocycles. The van der Waals surface area contributed by atoms with E-state index in [1.165, 1.54) is 6.92 Å². The van der Waals surface area contributed by atoms with Crippen molar-refractivity contribution in [3.63, 3.8) is 0 Å². The molecule has 1 unspecified atom stereocenters. The molecule has 0 bridgehead atoms. The number of carbonyl (C=O) groups is 1. The Hall–Kier alpha value is -1.55. The maximum Gasteiger partial charge on any atom is 0.268 e. The van der Waals surface area contributed by atoms with Gasteiger partial charge < -0.3 is 4.74 Å². The van der Waals surface area contributed by atoms with Crippen molar-refractivity contribution in [2.24, 2.45) is 0 Å². The molecule has 1 aliphatic heterocycles. The lowest BCUT2D eigenvalue weighted by Gasteiger charge is -2.10. The predicted molar refractivity (Wildman–Crippen MR) is 73.2 cm³/mol. The first kappa shape index (κ1) is 16.8. The molecule has 1 aliphatic rings. The highest BCUT2D eigenvalue weighted by molar-refractivity contribution is 7.90. The molecule has 1 amide bonds. The molecule has 1 N–H and O–H groups in total. The van der Waals surface area contributed by atoms with Gasteiger partial charge in [-0.3, -0.25) is 9.48 Å². The van der Waals surface area contributed by atoms with E-state index in [4.69, 9.17) is 4.74 Å². The monoisotopic (exact) mass is 337 g/mol. The Labute approximate surface area is 126 Å². The van der Waals surface area contributed by atoms with Gasteiger partial charge in [0.1, 0.15) is 6.54 Å². The lowest BCUT2D eigenvalue weighted by Crippen LogP contribution is -2.36. The molecular formula is C12H17F2N3O4S. The van der Waals surface area contributed by atoms with E-state index in [0.29, 0.717) is 13.0 Å². The number of rotatable bonds is 6. The molecule has 2 rings (SSSR count). The molecule has 10 heteroatoms. The summed E-state index contributed by atoms with van der Waals surface area (Å²) < 4.78 is 56.4. The molecule has 1 fully saturated rings. The highest BCUT2D eigenvalue weighted by Crippen LogP contribution is 2.14. The Morgan fingerprint density at radius 2 is 2.32 bits per heavy atom. The van der Waals surface area contributed by atoms with E-state index >= 15 is 0 Å². The van der Waals surface area contributed by atoms with Crippen molar-refractivity contribution in [1.82, 2.24) is 14.5 Å². The lowest BCUT2D eigenvalue weighted by molar-refractivity contribution is 0.0977. The van der Waals surface area contributed by atoms with Crippen molar-refractivity contribution >= 4 is 15.9 Å². The molecular weight excluding hydrogens is 320 g/mol. The van der Waals surface area contributed by atoms with Crippen molar-refractivity contribution in [2.75, 3.05) is 12.4 Å². The van der Waals surface area contributed by atoms with Crippen molar-refractivity contribution < 1.29 is 26.7 Å². The van der Waals surface area contributed by atoms with Gasteiger partial charge in [-0.15, -0.1) is 0 Å². The van der Waals surface area contributed by atoms with Crippen molar-refractivity contribution in [2.45, 2.75) is 38.8 Å². The molecule has 1 atom stereocenters. The van der Waals surface area contributed by atoms with Crippen LogP contribution in [0.2, 0.25) is 0 Å². The Bertz CT molecular complexity index is 639. The number of amides is 1. The third-order valence-electron chi connectivity index (χ3n) is 3.19. The molecule has 22 heavy (non-hydrogen) atoms. The Balaban J connectivity index is 2.03. The number of nitrogens with one attached hydrogen (secondary N) is 1. The topological polar surface area (TPSA) is 90.3 Å². The average Bonchev–Trinajstić information content (AvgIpc) is 2.97. The molecule has 1 aromatic rings. The first-order chi connectivity index (χ1) is 10.3. The van der Waals surface area contributed by atoms with Gasteiger partial charge in [-0.05, 0) is 19.8 Å². The highest BCUT2D eigenvalue weighted by Gasteiger charge is 2.26. The van der Waals surface area contributed by atoms with Crippen molar-refractivity contribution in [3.05, 3.63) is 17.5 Å². The fourth-order valence-electron chi connectivity index (χ4n) is 2.23. The number of carbonyl (C=O) groups excluding carboxylic acids is 1. The summed E-state index contributed by atoms with van der Waals surface area (Å²) in [5.41, 5.74) is 0.141. The van der Waals surface area contributed by atoms with Crippen LogP contribution in [0.5, 0.6) is 0 Å². The lowest BCUT2D eigenvalue weighted by atomic mass is 10.2. The van der Waals surface area contributed by atoms with Crippen LogP contribution in [0.3, 0.4) is 0 Å². The van der Waals surface area contributed by atoms with Gasteiger partial charge in [0.05, 0.1) is 23.1 Å². The van der Waals surface area contributed by atoms with Crippen LogP contribution < -0.4 is 4.72 Å². The maximum absolute atomic E-state index is 12.3. The van der Waals surface area contributed by atoms with E-state index in [9.17, 15) is 22.0 Å². The van der Waals surface area contributed by atoms with Gasteiger partial charge in [0, 0.05) is 12.8 Å². The second kappa shape index (κ2) is 6.69. The van der Waals surface area contributed by atoms with Crippen LogP contribution in [0.15, 0.2) is 6.20 Å². The van der Waals surface area contributed by atoms with Gasteiger partial charge in [0.25, 0.3) is 12.3 Å². The number of halogens is 2. The summed E-state index contributed by atoms with van der Waals surface area (Å²) >= 11 is 0. The summed E-state index contributed by atoms with van der Waals surface area (Å²) in [7, 11) is -3.85. The number of aryl methyl sites for hydroxylation is 1. The standard InChI is InChI=1S/C12H17F2N3O4S/c1-8-10(5-17(15-8)6-11(13)14)12(18)16-22(19,20)7-9-3-2-4-21-9/h5,9,11H,2-4,6-7H2,1H3,(H,16,18). The normalized spacial score (nSPS) is 18.8. The van der Waals surface area contributed by atoms with Crippen LogP contribution >= 0.6 is 0 Å². The van der Waals surface area contributed by atoms with E-state index in [0.717, 1.165) is 17.3 Å². The van der Waals surface area contributed by atoms with Crippen molar-refractivity contribution in [3.8, 4) is 0 Å². The second-order valence-corrected chi connectivity index (χ2v) is 6.86. The van der Waals surface area contributed by atoms with Crippen LogP contribution in [0.4, 0.5) is 8.78 Å². The third kappa shape index (κ3) is 4.47.